The van der Waals surface area contributed by atoms with Gasteiger partial charge in [-0.3, -0.25) is 4.79 Å². The molecular weight excluding hydrogens is 244 g/mol. The summed E-state index contributed by atoms with van der Waals surface area (Å²) in [6.45, 7) is 4.05. The lowest BCUT2D eigenvalue weighted by molar-refractivity contribution is -0.124. The first kappa shape index (κ1) is 13.7. The van der Waals surface area contributed by atoms with Gasteiger partial charge in [-0.15, -0.1) is 0 Å². The van der Waals surface area contributed by atoms with E-state index < -0.39 is 0 Å². The summed E-state index contributed by atoms with van der Waals surface area (Å²) in [5, 5.41) is 2.90. The average Bonchev–Trinajstić information content (AvgIpc) is 2.44. The highest BCUT2D eigenvalue weighted by atomic mass is 16.6. The van der Waals surface area contributed by atoms with Crippen molar-refractivity contribution in [3.8, 4) is 11.5 Å². The molecule has 0 aromatic heterocycles. The fraction of sp³-hybridized carbons (Fsp3) is 0.500. The first-order chi connectivity index (χ1) is 9.20. The van der Waals surface area contributed by atoms with Gasteiger partial charge in [0.05, 0.1) is 0 Å². The van der Waals surface area contributed by atoms with Crippen LogP contribution in [-0.2, 0) is 11.3 Å². The molecule has 0 saturated heterocycles. The van der Waals surface area contributed by atoms with Gasteiger partial charge in [-0.25, -0.2) is 0 Å². The minimum atomic E-state index is -0.0535. The molecule has 0 radical (unpaired) electrons. The lowest BCUT2D eigenvalue weighted by atomic mass is 10.1. The number of carbonyl (C=O) groups excluding carboxylic acids is 1. The zero-order valence-corrected chi connectivity index (χ0v) is 11.1. The van der Waals surface area contributed by atoms with E-state index in [4.69, 9.17) is 15.2 Å². The van der Waals surface area contributed by atoms with E-state index in [2.05, 4.69) is 5.32 Å². The van der Waals surface area contributed by atoms with Gasteiger partial charge in [0.15, 0.2) is 11.5 Å². The van der Waals surface area contributed by atoms with Crippen LogP contribution < -0.4 is 20.5 Å². The molecular formula is C14H20N2O3. The highest BCUT2D eigenvalue weighted by Gasteiger charge is 2.14. The van der Waals surface area contributed by atoms with E-state index in [1.54, 1.807) is 0 Å². The second-order valence-corrected chi connectivity index (χ2v) is 4.67. The Labute approximate surface area is 113 Å². The monoisotopic (exact) mass is 264 g/mol. The van der Waals surface area contributed by atoms with Crippen LogP contribution in [-0.4, -0.2) is 25.7 Å². The van der Waals surface area contributed by atoms with Crippen LogP contribution in [0, 0.1) is 5.92 Å². The van der Waals surface area contributed by atoms with E-state index in [0.29, 0.717) is 32.7 Å². The molecule has 0 bridgehead atoms. The van der Waals surface area contributed by atoms with E-state index in [1.807, 2.05) is 25.1 Å². The average molecular weight is 264 g/mol. The number of benzene rings is 1. The molecule has 1 amide bonds. The lowest BCUT2D eigenvalue weighted by Gasteiger charge is -2.19. The molecule has 1 atom stereocenters. The largest absolute Gasteiger partial charge is 0.486 e. The van der Waals surface area contributed by atoms with Crippen molar-refractivity contribution in [2.45, 2.75) is 19.9 Å². The van der Waals surface area contributed by atoms with E-state index in [1.165, 1.54) is 0 Å². The van der Waals surface area contributed by atoms with Crippen LogP contribution in [0.2, 0.25) is 0 Å². The van der Waals surface area contributed by atoms with Gasteiger partial charge in [-0.05, 0) is 30.7 Å². The van der Waals surface area contributed by atoms with Gasteiger partial charge in [-0.1, -0.05) is 13.0 Å². The summed E-state index contributed by atoms with van der Waals surface area (Å²) in [6, 6.07) is 5.71. The fourth-order valence-corrected chi connectivity index (χ4v) is 1.94. The molecule has 5 nitrogen and oxygen atoms in total. The molecule has 1 heterocycles. The van der Waals surface area contributed by atoms with Crippen molar-refractivity contribution in [2.75, 3.05) is 19.8 Å². The number of amides is 1. The van der Waals surface area contributed by atoms with E-state index >= 15 is 0 Å². The molecule has 0 aliphatic carbocycles. The molecule has 2 rings (SSSR count). The number of hydrogen-bond acceptors (Lipinski definition) is 4. The minimum absolute atomic E-state index is 0.0281. The van der Waals surface area contributed by atoms with E-state index in [0.717, 1.165) is 17.1 Å². The van der Waals surface area contributed by atoms with Crippen LogP contribution in [0.1, 0.15) is 18.9 Å². The van der Waals surface area contributed by atoms with Crippen molar-refractivity contribution in [3.63, 3.8) is 0 Å². The summed E-state index contributed by atoms with van der Waals surface area (Å²) in [6.07, 6.45) is 0.701. The molecule has 1 aromatic carbocycles. The summed E-state index contributed by atoms with van der Waals surface area (Å²) < 4.78 is 11.0. The molecule has 19 heavy (non-hydrogen) atoms. The van der Waals surface area contributed by atoms with Crippen LogP contribution in [0.5, 0.6) is 11.5 Å². The molecule has 0 spiro atoms. The topological polar surface area (TPSA) is 73.6 Å². The molecule has 3 N–H and O–H groups in total. The molecule has 1 aromatic rings. The van der Waals surface area contributed by atoms with Gasteiger partial charge in [0.2, 0.25) is 5.91 Å². The SMILES string of the molecule is CC(CCN)C(=O)NCc1ccc2c(c1)OCCO2. The Morgan fingerprint density at radius 1 is 1.37 bits per heavy atom. The van der Waals surface area contributed by atoms with Gasteiger partial charge in [-0.2, -0.15) is 0 Å². The Bertz CT molecular complexity index is 448. The lowest BCUT2D eigenvalue weighted by Crippen LogP contribution is -2.30. The molecule has 1 aliphatic rings. The predicted octanol–water partition coefficient (Wildman–Crippen LogP) is 1.06. The van der Waals surface area contributed by atoms with Crippen molar-refractivity contribution in [2.24, 2.45) is 11.7 Å². The van der Waals surface area contributed by atoms with Crippen molar-refractivity contribution >= 4 is 5.91 Å². The van der Waals surface area contributed by atoms with Crippen molar-refractivity contribution in [1.29, 1.82) is 0 Å². The Hall–Kier alpha value is -1.75. The molecule has 0 saturated carbocycles. The van der Waals surface area contributed by atoms with Crippen LogP contribution in [0.15, 0.2) is 18.2 Å². The van der Waals surface area contributed by atoms with Crippen LogP contribution in [0.25, 0.3) is 0 Å². The fourth-order valence-electron chi connectivity index (χ4n) is 1.94. The maximum absolute atomic E-state index is 11.8. The van der Waals surface area contributed by atoms with Gasteiger partial charge < -0.3 is 20.5 Å². The van der Waals surface area contributed by atoms with E-state index in [-0.39, 0.29) is 11.8 Å². The summed E-state index contributed by atoms with van der Waals surface area (Å²) >= 11 is 0. The van der Waals surface area contributed by atoms with Crippen molar-refractivity contribution in [3.05, 3.63) is 23.8 Å². The standard InChI is InChI=1S/C14H20N2O3/c1-10(4-5-15)14(17)16-9-11-2-3-12-13(8-11)19-7-6-18-12/h2-3,8,10H,4-7,9,15H2,1H3,(H,16,17). The summed E-state index contributed by atoms with van der Waals surface area (Å²) in [5.74, 6) is 1.48. The quantitative estimate of drug-likeness (QED) is 0.834. The second kappa shape index (κ2) is 6.43. The number of rotatable bonds is 5. The second-order valence-electron chi connectivity index (χ2n) is 4.67. The van der Waals surface area contributed by atoms with Crippen molar-refractivity contribution < 1.29 is 14.3 Å². The van der Waals surface area contributed by atoms with Gasteiger partial charge in [0.1, 0.15) is 13.2 Å². The highest BCUT2D eigenvalue weighted by molar-refractivity contribution is 5.78. The third-order valence-corrected chi connectivity index (χ3v) is 3.12. The van der Waals surface area contributed by atoms with E-state index in [9.17, 15) is 4.79 Å². The minimum Gasteiger partial charge on any atom is -0.486 e. The number of carbonyl (C=O) groups is 1. The molecule has 0 fully saturated rings. The number of fused-ring (bicyclic) bond motifs is 1. The van der Waals surface area contributed by atoms with Gasteiger partial charge in [0.25, 0.3) is 0 Å². The maximum atomic E-state index is 11.8. The zero-order valence-electron chi connectivity index (χ0n) is 11.1. The number of nitrogens with one attached hydrogen (secondary N) is 1. The van der Waals surface area contributed by atoms with Crippen LogP contribution in [0.4, 0.5) is 0 Å². The molecule has 1 unspecified atom stereocenters. The first-order valence-electron chi connectivity index (χ1n) is 6.57. The third kappa shape index (κ3) is 3.61. The normalized spacial score (nSPS) is 14.8. The molecule has 104 valence electrons. The molecule has 5 heteroatoms. The maximum Gasteiger partial charge on any atom is 0.223 e. The Morgan fingerprint density at radius 3 is 2.84 bits per heavy atom. The van der Waals surface area contributed by atoms with Crippen molar-refractivity contribution in [1.82, 2.24) is 5.32 Å². The molecule has 1 aliphatic heterocycles. The first-order valence-corrected chi connectivity index (χ1v) is 6.57. The predicted molar refractivity (Wildman–Crippen MR) is 72.1 cm³/mol. The Balaban J connectivity index is 1.91. The highest BCUT2D eigenvalue weighted by Crippen LogP contribution is 2.30. The summed E-state index contributed by atoms with van der Waals surface area (Å²) in [7, 11) is 0. The summed E-state index contributed by atoms with van der Waals surface area (Å²) in [4.78, 5) is 11.8. The number of hydrogen-bond donors (Lipinski definition) is 2. The van der Waals surface area contributed by atoms with Gasteiger partial charge >= 0.3 is 0 Å². The zero-order chi connectivity index (χ0) is 13.7. The van der Waals surface area contributed by atoms with Crippen LogP contribution in [0.3, 0.4) is 0 Å². The summed E-state index contributed by atoms with van der Waals surface area (Å²) in [5.41, 5.74) is 6.44. The third-order valence-electron chi connectivity index (χ3n) is 3.12. The van der Waals surface area contributed by atoms with Gasteiger partial charge in [0, 0.05) is 12.5 Å². The Morgan fingerprint density at radius 2 is 2.11 bits per heavy atom. The number of nitrogens with two attached hydrogens (primary N) is 1. The smallest absolute Gasteiger partial charge is 0.223 e. The van der Waals surface area contributed by atoms with Crippen LogP contribution >= 0.6 is 0 Å². The number of ether oxygens (including phenoxy) is 2. The Kier molecular flexibility index (Phi) is 4.63.